The first-order chi connectivity index (χ1) is 22.8. The zero-order chi connectivity index (χ0) is 33.1. The summed E-state index contributed by atoms with van der Waals surface area (Å²) in [5, 5.41) is 21.7. The Morgan fingerprint density at radius 3 is 2.62 bits per heavy atom. The van der Waals surface area contributed by atoms with Crippen molar-refractivity contribution in [1.82, 2.24) is 19.6 Å². The maximum Gasteiger partial charge on any atom is 0.301 e. The Morgan fingerprint density at radius 1 is 1.04 bits per heavy atom. The number of aromatic nitrogens is 4. The van der Waals surface area contributed by atoms with E-state index in [0.29, 0.717) is 55.1 Å². The molecule has 0 radical (unpaired) electrons. The van der Waals surface area contributed by atoms with Crippen molar-refractivity contribution in [3.63, 3.8) is 0 Å². The fourth-order valence-corrected chi connectivity index (χ4v) is 7.90. The lowest BCUT2D eigenvalue weighted by Crippen LogP contribution is -2.29. The number of imidazole rings is 1. The molecule has 6 rings (SSSR count). The molecule has 5 aromatic rings. The fourth-order valence-electron chi connectivity index (χ4n) is 5.47. The summed E-state index contributed by atoms with van der Waals surface area (Å²) >= 11 is 15.0. The van der Waals surface area contributed by atoms with Crippen molar-refractivity contribution >= 4 is 74.5 Å². The number of hydrogen-bond donors (Lipinski definition) is 1. The summed E-state index contributed by atoms with van der Waals surface area (Å²) in [5.74, 6) is -0.783. The van der Waals surface area contributed by atoms with Crippen LogP contribution in [0.1, 0.15) is 61.2 Å². The first kappa shape index (κ1) is 33.0. The molecule has 1 atom stereocenters. The second-order valence-electron chi connectivity index (χ2n) is 11.0. The van der Waals surface area contributed by atoms with Gasteiger partial charge in [-0.15, -0.1) is 10.2 Å². The van der Waals surface area contributed by atoms with Crippen molar-refractivity contribution in [3.8, 4) is 5.75 Å². The number of benzene rings is 2. The highest BCUT2D eigenvalue weighted by Gasteiger charge is 2.49. The van der Waals surface area contributed by atoms with E-state index < -0.39 is 17.7 Å². The smallest absolute Gasteiger partial charge is 0.301 e. The summed E-state index contributed by atoms with van der Waals surface area (Å²) in [7, 11) is 0. The average molecular weight is 709 g/mol. The molecular weight excluding hydrogens is 677 g/mol. The van der Waals surface area contributed by atoms with E-state index in [1.165, 1.54) is 28.0 Å². The van der Waals surface area contributed by atoms with Gasteiger partial charge in [-0.25, -0.2) is 4.98 Å². The van der Waals surface area contributed by atoms with Crippen LogP contribution < -0.4 is 9.64 Å². The molecule has 9 nitrogen and oxygen atoms in total. The van der Waals surface area contributed by atoms with Crippen LogP contribution in [0.4, 0.5) is 5.13 Å². The molecule has 1 aliphatic heterocycles. The van der Waals surface area contributed by atoms with Crippen LogP contribution in [0.3, 0.4) is 0 Å². The van der Waals surface area contributed by atoms with Gasteiger partial charge in [-0.3, -0.25) is 18.9 Å². The van der Waals surface area contributed by atoms with Crippen molar-refractivity contribution in [2.45, 2.75) is 55.7 Å². The number of amides is 1. The molecule has 2 aromatic carbocycles. The standard InChI is InChI=1S/C34H31Cl2N5O4S2/c1-3-4-5-8-17-45-24-14-11-21(12-15-24)29-27(30(42)28-20(2)37-26-9-6-7-16-40(26)28)31(43)32(44)41(29)33-38-39-34(47-33)46-19-22-10-13-23(35)18-25(22)36/h6-7,9-16,18,29,42H,3-5,8,17,19H2,1-2H3. The number of rotatable bonds is 12. The summed E-state index contributed by atoms with van der Waals surface area (Å²) in [4.78, 5) is 33.4. The number of aliphatic hydroxyl groups excluding tert-OH is 1. The molecule has 1 saturated heterocycles. The van der Waals surface area contributed by atoms with E-state index in [4.69, 9.17) is 27.9 Å². The number of carbonyl (C=O) groups is 2. The van der Waals surface area contributed by atoms with Gasteiger partial charge in [0.25, 0.3) is 5.78 Å². The van der Waals surface area contributed by atoms with Crippen LogP contribution in [0.15, 0.2) is 76.8 Å². The molecule has 13 heteroatoms. The molecule has 1 aliphatic rings. The van der Waals surface area contributed by atoms with Crippen molar-refractivity contribution in [3.05, 3.63) is 105 Å². The Bertz CT molecular complexity index is 1970. The third-order valence-corrected chi connectivity index (χ3v) is 10.5. The predicted molar refractivity (Wildman–Crippen MR) is 187 cm³/mol. The van der Waals surface area contributed by atoms with E-state index in [1.807, 2.05) is 24.3 Å². The molecule has 0 saturated carbocycles. The number of Topliss-reactive ketones (excluding diaryl/α,β-unsaturated/α-hetero) is 1. The minimum atomic E-state index is -0.973. The number of nitrogens with zero attached hydrogens (tertiary/aromatic N) is 5. The normalized spacial score (nSPS) is 16.0. The van der Waals surface area contributed by atoms with Gasteiger partial charge in [0.05, 0.1) is 23.9 Å². The summed E-state index contributed by atoms with van der Waals surface area (Å²) in [5.41, 5.74) is 2.87. The van der Waals surface area contributed by atoms with Gasteiger partial charge in [0.2, 0.25) is 5.13 Å². The second kappa shape index (κ2) is 14.5. The summed E-state index contributed by atoms with van der Waals surface area (Å²) in [6, 6.07) is 17.0. The van der Waals surface area contributed by atoms with Crippen LogP contribution in [0.2, 0.25) is 10.0 Å². The third kappa shape index (κ3) is 6.89. The highest BCUT2D eigenvalue weighted by atomic mass is 35.5. The number of aliphatic hydroxyl groups is 1. The molecule has 1 amide bonds. The maximum atomic E-state index is 13.8. The Balaban J connectivity index is 1.36. The number of halogens is 2. The van der Waals surface area contributed by atoms with E-state index in [2.05, 4.69) is 22.1 Å². The quantitative estimate of drug-likeness (QED) is 0.0343. The molecule has 242 valence electrons. The monoisotopic (exact) mass is 707 g/mol. The number of hydrogen-bond acceptors (Lipinski definition) is 9. The van der Waals surface area contributed by atoms with Crippen LogP contribution in [0.25, 0.3) is 11.4 Å². The van der Waals surface area contributed by atoms with Gasteiger partial charge in [-0.05, 0) is 60.9 Å². The Morgan fingerprint density at radius 2 is 1.85 bits per heavy atom. The second-order valence-corrected chi connectivity index (χ2v) is 14.0. The lowest BCUT2D eigenvalue weighted by molar-refractivity contribution is -0.132. The molecule has 1 unspecified atom stereocenters. The number of ether oxygens (including phenoxy) is 1. The largest absolute Gasteiger partial charge is 0.505 e. The van der Waals surface area contributed by atoms with Gasteiger partial charge < -0.3 is 9.84 Å². The number of unbranched alkanes of at least 4 members (excludes halogenated alkanes) is 3. The minimum Gasteiger partial charge on any atom is -0.505 e. The molecular formula is C34H31Cl2N5O4S2. The van der Waals surface area contributed by atoms with Crippen LogP contribution in [0, 0.1) is 6.92 Å². The van der Waals surface area contributed by atoms with Gasteiger partial charge in [0, 0.05) is 22.0 Å². The first-order valence-electron chi connectivity index (χ1n) is 15.1. The molecule has 0 spiro atoms. The molecule has 0 bridgehead atoms. The zero-order valence-electron chi connectivity index (χ0n) is 25.7. The van der Waals surface area contributed by atoms with Crippen LogP contribution in [-0.2, 0) is 15.3 Å². The summed E-state index contributed by atoms with van der Waals surface area (Å²) < 4.78 is 8.22. The molecule has 3 aromatic heterocycles. The Labute approximate surface area is 290 Å². The molecule has 1 N–H and O–H groups in total. The maximum absolute atomic E-state index is 13.8. The van der Waals surface area contributed by atoms with Gasteiger partial charge in [-0.1, -0.05) is 96.8 Å². The van der Waals surface area contributed by atoms with Crippen LogP contribution in [-0.4, -0.2) is 43.0 Å². The number of anilines is 1. The highest BCUT2D eigenvalue weighted by molar-refractivity contribution is 8.00. The average Bonchev–Trinajstić information content (AvgIpc) is 3.74. The Kier molecular flexibility index (Phi) is 10.2. The van der Waals surface area contributed by atoms with Crippen molar-refractivity contribution in [2.75, 3.05) is 11.5 Å². The highest BCUT2D eigenvalue weighted by Crippen LogP contribution is 2.45. The zero-order valence-corrected chi connectivity index (χ0v) is 28.8. The summed E-state index contributed by atoms with van der Waals surface area (Å²) in [6.07, 6.45) is 6.11. The van der Waals surface area contributed by atoms with E-state index in [1.54, 1.807) is 53.9 Å². The lowest BCUT2D eigenvalue weighted by Gasteiger charge is -2.22. The minimum absolute atomic E-state index is 0.0608. The number of aryl methyl sites for hydroxylation is 1. The molecule has 1 fully saturated rings. The predicted octanol–water partition coefficient (Wildman–Crippen LogP) is 8.68. The topological polar surface area (TPSA) is 110 Å². The SMILES string of the molecule is CCCCCCOc1ccc(C2C(=C(O)c3c(C)nc4ccccn34)C(=O)C(=O)N2c2nnc(SCc3ccc(Cl)cc3Cl)s2)cc1. The van der Waals surface area contributed by atoms with Gasteiger partial charge in [-0.2, -0.15) is 0 Å². The van der Waals surface area contributed by atoms with Crippen LogP contribution in [0.5, 0.6) is 5.75 Å². The Hall–Kier alpha value is -3.90. The molecule has 4 heterocycles. The van der Waals surface area contributed by atoms with Gasteiger partial charge in [0.15, 0.2) is 10.1 Å². The number of fused-ring (bicyclic) bond motifs is 1. The number of pyridine rings is 1. The fraction of sp³-hybridized carbons (Fsp3) is 0.265. The van der Waals surface area contributed by atoms with Crippen molar-refractivity contribution in [1.29, 1.82) is 0 Å². The lowest BCUT2D eigenvalue weighted by atomic mass is 9.96. The van der Waals surface area contributed by atoms with E-state index in [9.17, 15) is 14.7 Å². The summed E-state index contributed by atoms with van der Waals surface area (Å²) in [6.45, 7) is 4.51. The van der Waals surface area contributed by atoms with E-state index in [-0.39, 0.29) is 16.5 Å². The number of carbonyl (C=O) groups excluding carboxylic acids is 2. The molecule has 47 heavy (non-hydrogen) atoms. The van der Waals surface area contributed by atoms with E-state index >= 15 is 0 Å². The van der Waals surface area contributed by atoms with E-state index in [0.717, 1.165) is 31.2 Å². The van der Waals surface area contributed by atoms with Crippen molar-refractivity contribution in [2.24, 2.45) is 0 Å². The van der Waals surface area contributed by atoms with Gasteiger partial charge >= 0.3 is 5.91 Å². The first-order valence-corrected chi connectivity index (χ1v) is 17.7. The number of thioether (sulfide) groups is 1. The van der Waals surface area contributed by atoms with Crippen LogP contribution >= 0.6 is 46.3 Å². The van der Waals surface area contributed by atoms with Gasteiger partial charge in [0.1, 0.15) is 17.1 Å². The third-order valence-electron chi connectivity index (χ3n) is 7.80. The molecule has 0 aliphatic carbocycles. The number of ketones is 1. The van der Waals surface area contributed by atoms with Crippen molar-refractivity contribution < 1.29 is 19.4 Å².